The number of ketones is 1. The van der Waals surface area contributed by atoms with Crippen molar-refractivity contribution in [2.75, 3.05) is 13.1 Å². The van der Waals surface area contributed by atoms with Gasteiger partial charge in [0.15, 0.2) is 14.1 Å². The highest BCUT2D eigenvalue weighted by Gasteiger charge is 2.44. The van der Waals surface area contributed by atoms with Gasteiger partial charge in [0.25, 0.3) is 0 Å². The van der Waals surface area contributed by atoms with Crippen LogP contribution in [-0.4, -0.2) is 90.9 Å². The van der Waals surface area contributed by atoms with Crippen molar-refractivity contribution >= 4 is 37.7 Å². The van der Waals surface area contributed by atoms with Crippen LogP contribution in [-0.2, 0) is 34.8 Å². The molecule has 4 rings (SSSR count). The van der Waals surface area contributed by atoms with E-state index in [1.54, 1.807) is 9.80 Å². The summed E-state index contributed by atoms with van der Waals surface area (Å²) in [6.07, 6.45) is 5.05. The van der Waals surface area contributed by atoms with Gasteiger partial charge in [0.1, 0.15) is 30.3 Å². The molecule has 11 heteroatoms. The molecule has 3 aliphatic heterocycles. The molecule has 46 heavy (non-hydrogen) atoms. The molecule has 3 fully saturated rings. The maximum atomic E-state index is 13.9. The Labute approximate surface area is 275 Å². The minimum Gasteiger partial charge on any atom is -0.407 e. The van der Waals surface area contributed by atoms with Gasteiger partial charge in [-0.2, -0.15) is 0 Å². The first-order valence-corrected chi connectivity index (χ1v) is 20.1. The molecule has 254 valence electrons. The second-order valence-electron chi connectivity index (χ2n) is 14.8. The average Bonchev–Trinajstić information content (AvgIpc) is 3.69. The number of nitrogens with one attached hydrogen (secondary N) is 2. The average molecular weight is 655 g/mol. The molecule has 3 heterocycles. The molecule has 0 radical (unpaired) electrons. The van der Waals surface area contributed by atoms with E-state index in [9.17, 15) is 24.0 Å². The van der Waals surface area contributed by atoms with Crippen molar-refractivity contribution in [3.63, 3.8) is 0 Å². The highest BCUT2D eigenvalue weighted by molar-refractivity contribution is 6.74. The minimum absolute atomic E-state index is 0.0217. The summed E-state index contributed by atoms with van der Waals surface area (Å²) < 4.78 is 6.27. The smallest absolute Gasteiger partial charge is 0.246 e. The highest BCUT2D eigenvalue weighted by Crippen LogP contribution is 2.37. The van der Waals surface area contributed by atoms with Crippen LogP contribution in [0.4, 0.5) is 0 Å². The Morgan fingerprint density at radius 3 is 1.98 bits per heavy atom. The zero-order valence-electron chi connectivity index (χ0n) is 28.6. The van der Waals surface area contributed by atoms with Crippen LogP contribution >= 0.6 is 0 Å². The van der Waals surface area contributed by atoms with Gasteiger partial charge < -0.3 is 24.9 Å². The number of rotatable bonds is 11. The molecule has 3 saturated heterocycles. The number of amides is 4. The van der Waals surface area contributed by atoms with Crippen LogP contribution < -0.4 is 10.6 Å². The van der Waals surface area contributed by atoms with E-state index in [-0.39, 0.29) is 34.5 Å². The van der Waals surface area contributed by atoms with Crippen LogP contribution in [0.2, 0.25) is 18.1 Å². The van der Waals surface area contributed by atoms with E-state index in [0.717, 1.165) is 12.0 Å². The summed E-state index contributed by atoms with van der Waals surface area (Å²) in [6, 6.07) is 6.52. The molecule has 1 aromatic carbocycles. The van der Waals surface area contributed by atoms with Crippen molar-refractivity contribution in [2.24, 2.45) is 0 Å². The molecule has 2 N–H and O–H groups in total. The first kappa shape index (κ1) is 35.8. The number of carbonyl (C=O) groups excluding carboxylic acids is 5. The Balaban J connectivity index is 1.42. The Morgan fingerprint density at radius 2 is 1.41 bits per heavy atom. The monoisotopic (exact) mass is 654 g/mol. The fourth-order valence-electron chi connectivity index (χ4n) is 6.56. The predicted octanol–water partition coefficient (Wildman–Crippen LogP) is 4.12. The number of carbonyl (C=O) groups is 5. The number of unbranched alkanes of at least 4 members (excludes halogenated alkanes) is 2. The van der Waals surface area contributed by atoms with Gasteiger partial charge in [-0.1, -0.05) is 63.9 Å². The van der Waals surface area contributed by atoms with Crippen molar-refractivity contribution in [1.29, 1.82) is 0 Å². The second-order valence-corrected chi connectivity index (χ2v) is 19.5. The van der Waals surface area contributed by atoms with Crippen molar-refractivity contribution in [3.05, 3.63) is 35.9 Å². The van der Waals surface area contributed by atoms with Gasteiger partial charge in [0, 0.05) is 25.9 Å². The van der Waals surface area contributed by atoms with Gasteiger partial charge in [0.05, 0.1) is 0 Å². The van der Waals surface area contributed by atoms with Crippen LogP contribution in [0.5, 0.6) is 0 Å². The quantitative estimate of drug-likeness (QED) is 0.273. The molecule has 5 atom stereocenters. The number of nitrogens with zero attached hydrogens (tertiary/aromatic N) is 2. The Morgan fingerprint density at radius 1 is 0.870 bits per heavy atom. The third-order valence-corrected chi connectivity index (χ3v) is 14.9. The molecule has 0 saturated carbocycles. The fourth-order valence-corrected chi connectivity index (χ4v) is 7.93. The largest absolute Gasteiger partial charge is 0.407 e. The number of fused-ring (bicyclic) bond motifs is 2. The molecule has 0 unspecified atom stereocenters. The van der Waals surface area contributed by atoms with Gasteiger partial charge in [-0.15, -0.1) is 0 Å². The van der Waals surface area contributed by atoms with Crippen LogP contribution in [0.15, 0.2) is 30.3 Å². The van der Waals surface area contributed by atoms with Gasteiger partial charge in [-0.25, -0.2) is 0 Å². The first-order chi connectivity index (χ1) is 21.7. The van der Waals surface area contributed by atoms with Crippen LogP contribution in [0.3, 0.4) is 0 Å². The third kappa shape index (κ3) is 8.64. The Kier molecular flexibility index (Phi) is 11.9. The molecule has 0 spiro atoms. The number of hydrogen-bond acceptors (Lipinski definition) is 6. The Bertz CT molecular complexity index is 1270. The number of Topliss-reactive ketones (excluding diaryl/α,β-unsaturated/α-hetero) is 1. The zero-order chi connectivity index (χ0) is 33.6. The van der Waals surface area contributed by atoms with E-state index in [2.05, 4.69) is 44.5 Å². The van der Waals surface area contributed by atoms with Gasteiger partial charge in [-0.3, -0.25) is 24.0 Å². The Hall–Kier alpha value is -3.05. The van der Waals surface area contributed by atoms with Crippen molar-refractivity contribution in [1.82, 2.24) is 20.4 Å². The van der Waals surface area contributed by atoms with Gasteiger partial charge in [0.2, 0.25) is 23.6 Å². The molecular weight excluding hydrogens is 600 g/mol. The van der Waals surface area contributed by atoms with E-state index in [0.29, 0.717) is 70.9 Å². The van der Waals surface area contributed by atoms with E-state index in [1.807, 2.05) is 37.3 Å². The molecule has 10 nitrogen and oxygen atoms in total. The van der Waals surface area contributed by atoms with Gasteiger partial charge >= 0.3 is 0 Å². The SMILES string of the molecule is C[C@@H](O[Si](C)(C)C(C)(C)C)C(=O)CCCCC[C@@H]1NC(=O)[C@H]2CCCN2C(=O)[C@H](Cc2ccccc2)NC(=O)[C@@H]2CCCN2C1=O. The maximum absolute atomic E-state index is 13.9. The molecule has 0 bridgehead atoms. The summed E-state index contributed by atoms with van der Waals surface area (Å²) in [5.41, 5.74) is 0.909. The van der Waals surface area contributed by atoms with E-state index < -0.39 is 38.6 Å². The number of benzene rings is 1. The van der Waals surface area contributed by atoms with Crippen LogP contribution in [0.1, 0.15) is 91.0 Å². The van der Waals surface area contributed by atoms with Crippen molar-refractivity contribution < 1.29 is 28.4 Å². The number of hydrogen-bond donors (Lipinski definition) is 2. The summed E-state index contributed by atoms with van der Waals surface area (Å²) in [7, 11) is -2.05. The minimum atomic E-state index is -2.05. The molecule has 4 amide bonds. The molecular formula is C35H54N4O6Si. The summed E-state index contributed by atoms with van der Waals surface area (Å²) >= 11 is 0. The fraction of sp³-hybridized carbons (Fsp3) is 0.686. The van der Waals surface area contributed by atoms with Crippen LogP contribution in [0, 0.1) is 0 Å². The topological polar surface area (TPSA) is 125 Å². The van der Waals surface area contributed by atoms with E-state index >= 15 is 0 Å². The van der Waals surface area contributed by atoms with Gasteiger partial charge in [-0.05, 0) is 69.1 Å². The van der Waals surface area contributed by atoms with Crippen molar-refractivity contribution in [2.45, 2.75) is 140 Å². The lowest BCUT2D eigenvalue weighted by Crippen LogP contribution is -2.61. The second kappa shape index (κ2) is 15.2. The molecule has 3 aliphatic rings. The van der Waals surface area contributed by atoms with Crippen molar-refractivity contribution in [3.8, 4) is 0 Å². The summed E-state index contributed by atoms with van der Waals surface area (Å²) in [5, 5.41) is 5.98. The lowest BCUT2D eigenvalue weighted by molar-refractivity contribution is -0.147. The first-order valence-electron chi connectivity index (χ1n) is 17.2. The predicted molar refractivity (Wildman–Crippen MR) is 179 cm³/mol. The summed E-state index contributed by atoms with van der Waals surface area (Å²) in [5.74, 6) is -1.08. The molecule has 0 aliphatic carbocycles. The normalized spacial score (nSPS) is 25.3. The standard InChI is InChI=1S/C35H54N4O6Si/c1-24(45-46(5,6)35(2,3)4)30(40)20-12-8-11-17-26-33(43)38-21-13-19-29(38)32(42)37-27(23-25-15-9-7-10-16-25)34(44)39-22-14-18-28(39)31(41)36-26/h7,9-10,15-16,24,26-29H,8,11-14,17-23H2,1-6H3,(H,36,41)(H,37,42)/t24-,26+,27+,28-,29+/m1/s1. The third-order valence-electron chi connectivity index (χ3n) is 10.3. The lowest BCUT2D eigenvalue weighted by atomic mass is 10.0. The van der Waals surface area contributed by atoms with E-state index in [4.69, 9.17) is 4.43 Å². The summed E-state index contributed by atoms with van der Waals surface area (Å²) in [6.45, 7) is 13.4. The zero-order valence-corrected chi connectivity index (χ0v) is 29.6. The molecule has 0 aromatic heterocycles. The highest BCUT2D eigenvalue weighted by atomic mass is 28.4. The molecule has 1 aromatic rings. The maximum Gasteiger partial charge on any atom is 0.246 e. The van der Waals surface area contributed by atoms with E-state index in [1.165, 1.54) is 0 Å². The summed E-state index contributed by atoms with van der Waals surface area (Å²) in [4.78, 5) is 71.1. The van der Waals surface area contributed by atoms with Crippen LogP contribution in [0.25, 0.3) is 0 Å². The lowest BCUT2D eigenvalue weighted by Gasteiger charge is -2.38.